The minimum absolute atomic E-state index is 0.0789. The number of carbonyl (C=O) groups is 2. The molecule has 0 bridgehead atoms. The van der Waals surface area contributed by atoms with Crippen molar-refractivity contribution in [1.29, 1.82) is 5.41 Å². The van der Waals surface area contributed by atoms with Gasteiger partial charge in [-0.05, 0) is 63.3 Å². The summed E-state index contributed by atoms with van der Waals surface area (Å²) < 4.78 is 11.1. The molecule has 0 saturated heterocycles. The normalized spacial score (nSPS) is 12.6. The van der Waals surface area contributed by atoms with Crippen molar-refractivity contribution in [2.45, 2.75) is 65.0 Å². The van der Waals surface area contributed by atoms with Gasteiger partial charge in [-0.3, -0.25) is 4.79 Å². The number of amides is 2. The second-order valence-electron chi connectivity index (χ2n) is 9.10. The summed E-state index contributed by atoms with van der Waals surface area (Å²) in [6, 6.07) is 10.8. The Hall–Kier alpha value is -3.29. The Kier molecular flexibility index (Phi) is 10.2. The molecule has 2 amide bonds. The number of benzene rings is 1. The lowest BCUT2D eigenvalue weighted by molar-refractivity contribution is 0.0519. The zero-order valence-electron chi connectivity index (χ0n) is 20.4. The molecule has 2 rings (SSSR count). The van der Waals surface area contributed by atoms with Gasteiger partial charge in [-0.2, -0.15) is 0 Å². The molecule has 0 aliphatic heterocycles. The number of allylic oxidation sites excluding steroid dienone is 2. The number of furan rings is 1. The second kappa shape index (κ2) is 12.8. The standard InChI is InChI=1S/C26H34BN3O4/c1-5-6-12-19(13-14-28)23-21(27)16-22(33-23)24(31)30-20(15-18-10-8-7-9-11-18)17-29-25(32)34-26(2,3)4/h7-11,13-14,16,20,28H,5-6,12,15,17H2,1-4H3,(H,29,32)(H,30,31)/b19-13+,28-14?. The Morgan fingerprint density at radius 2 is 1.94 bits per heavy atom. The second-order valence-corrected chi connectivity index (χ2v) is 9.10. The molecule has 7 nitrogen and oxygen atoms in total. The van der Waals surface area contributed by atoms with Crippen molar-refractivity contribution < 1.29 is 18.7 Å². The van der Waals surface area contributed by atoms with Crippen LogP contribution in [0, 0.1) is 5.41 Å². The summed E-state index contributed by atoms with van der Waals surface area (Å²) >= 11 is 0. The van der Waals surface area contributed by atoms with E-state index in [9.17, 15) is 9.59 Å². The maximum Gasteiger partial charge on any atom is 0.407 e. The van der Waals surface area contributed by atoms with E-state index >= 15 is 0 Å². The lowest BCUT2D eigenvalue weighted by Gasteiger charge is -2.22. The average Bonchev–Trinajstić information content (AvgIpc) is 3.16. The van der Waals surface area contributed by atoms with Gasteiger partial charge in [0.15, 0.2) is 5.76 Å². The number of nitrogens with one attached hydrogen (secondary N) is 3. The highest BCUT2D eigenvalue weighted by Crippen LogP contribution is 2.21. The van der Waals surface area contributed by atoms with Gasteiger partial charge in [0, 0.05) is 12.8 Å². The fraction of sp³-hybridized carbons (Fsp3) is 0.423. The van der Waals surface area contributed by atoms with Crippen LogP contribution < -0.4 is 16.1 Å². The molecule has 34 heavy (non-hydrogen) atoms. The summed E-state index contributed by atoms with van der Waals surface area (Å²) in [5.41, 5.74) is 1.51. The third-order valence-electron chi connectivity index (χ3n) is 4.91. The first-order valence-electron chi connectivity index (χ1n) is 11.5. The quantitative estimate of drug-likeness (QED) is 0.344. The van der Waals surface area contributed by atoms with E-state index in [1.54, 1.807) is 26.8 Å². The number of ether oxygens (including phenoxy) is 1. The Morgan fingerprint density at radius 1 is 1.24 bits per heavy atom. The third kappa shape index (κ3) is 8.92. The first-order chi connectivity index (χ1) is 16.1. The van der Waals surface area contributed by atoms with Gasteiger partial charge in [-0.25, -0.2) is 4.79 Å². The van der Waals surface area contributed by atoms with E-state index in [1.165, 1.54) is 12.3 Å². The Balaban J connectivity index is 2.16. The minimum Gasteiger partial charge on any atom is -0.452 e. The molecule has 0 saturated carbocycles. The van der Waals surface area contributed by atoms with Crippen LogP contribution in [0.5, 0.6) is 0 Å². The topological polar surface area (TPSA) is 104 Å². The van der Waals surface area contributed by atoms with Crippen LogP contribution in [0.4, 0.5) is 4.79 Å². The van der Waals surface area contributed by atoms with Crippen molar-refractivity contribution in [3.8, 4) is 0 Å². The van der Waals surface area contributed by atoms with Crippen LogP contribution in [0.25, 0.3) is 5.57 Å². The highest BCUT2D eigenvalue weighted by atomic mass is 16.6. The van der Waals surface area contributed by atoms with E-state index in [4.69, 9.17) is 22.4 Å². The average molecular weight is 463 g/mol. The van der Waals surface area contributed by atoms with E-state index in [0.29, 0.717) is 24.1 Å². The van der Waals surface area contributed by atoms with Crippen molar-refractivity contribution in [3.63, 3.8) is 0 Å². The van der Waals surface area contributed by atoms with Crippen molar-refractivity contribution in [2.24, 2.45) is 0 Å². The monoisotopic (exact) mass is 463 g/mol. The highest BCUT2D eigenvalue weighted by Gasteiger charge is 2.22. The van der Waals surface area contributed by atoms with Gasteiger partial charge >= 0.3 is 6.09 Å². The number of rotatable bonds is 11. The smallest absolute Gasteiger partial charge is 0.407 e. The minimum atomic E-state index is -0.621. The summed E-state index contributed by atoms with van der Waals surface area (Å²) in [7, 11) is 6.13. The zero-order valence-corrected chi connectivity index (χ0v) is 20.4. The van der Waals surface area contributed by atoms with Crippen LogP contribution >= 0.6 is 0 Å². The van der Waals surface area contributed by atoms with Crippen molar-refractivity contribution in [2.75, 3.05) is 6.54 Å². The van der Waals surface area contributed by atoms with Gasteiger partial charge in [-0.1, -0.05) is 49.1 Å². The molecule has 0 spiro atoms. The van der Waals surface area contributed by atoms with Crippen molar-refractivity contribution in [3.05, 3.63) is 59.6 Å². The fourth-order valence-corrected chi connectivity index (χ4v) is 3.36. The summed E-state index contributed by atoms with van der Waals surface area (Å²) in [6.07, 6.45) is 5.36. The lowest BCUT2D eigenvalue weighted by atomic mass is 9.91. The van der Waals surface area contributed by atoms with Crippen LogP contribution in [-0.4, -0.2) is 44.2 Å². The highest BCUT2D eigenvalue weighted by molar-refractivity contribution is 6.34. The van der Waals surface area contributed by atoms with E-state index < -0.39 is 23.6 Å². The molecule has 1 heterocycles. The predicted octanol–water partition coefficient (Wildman–Crippen LogP) is 4.16. The fourth-order valence-electron chi connectivity index (χ4n) is 3.36. The van der Waals surface area contributed by atoms with Crippen molar-refractivity contribution in [1.82, 2.24) is 10.6 Å². The predicted molar refractivity (Wildman–Crippen MR) is 136 cm³/mol. The van der Waals surface area contributed by atoms with Gasteiger partial charge in [0.2, 0.25) is 0 Å². The number of alkyl carbamates (subject to hydrolysis) is 1. The molecule has 3 N–H and O–H groups in total. The summed E-state index contributed by atoms with van der Waals surface area (Å²) in [4.78, 5) is 25.1. The van der Waals surface area contributed by atoms with Gasteiger partial charge in [0.25, 0.3) is 5.91 Å². The molecular formula is C26H34BN3O4. The molecule has 2 radical (unpaired) electrons. The van der Waals surface area contributed by atoms with E-state index in [2.05, 4.69) is 17.6 Å². The van der Waals surface area contributed by atoms with Crippen LogP contribution in [-0.2, 0) is 11.2 Å². The molecule has 1 unspecified atom stereocenters. The SMILES string of the molecule is [B]c1cc(C(=O)NC(CNC(=O)OC(C)(C)C)Cc2ccccc2)oc1/C(=C/C=N)CCCC. The van der Waals surface area contributed by atoms with E-state index in [0.717, 1.165) is 24.0 Å². The number of unbranched alkanes of at least 4 members (excludes halogenated alkanes) is 1. The molecule has 180 valence electrons. The third-order valence-corrected chi connectivity index (χ3v) is 4.91. The van der Waals surface area contributed by atoms with Gasteiger partial charge in [0.05, 0.1) is 6.04 Å². The zero-order chi connectivity index (χ0) is 25.1. The van der Waals surface area contributed by atoms with Crippen LogP contribution in [0.1, 0.15) is 68.8 Å². The lowest BCUT2D eigenvalue weighted by Crippen LogP contribution is -2.46. The maximum absolute atomic E-state index is 13.0. The first-order valence-corrected chi connectivity index (χ1v) is 11.5. The maximum atomic E-state index is 13.0. The summed E-state index contributed by atoms with van der Waals surface area (Å²) in [6.45, 7) is 7.61. The van der Waals surface area contributed by atoms with Gasteiger partial charge in [-0.15, -0.1) is 0 Å². The number of hydrogen-bond acceptors (Lipinski definition) is 5. The molecule has 2 aromatic rings. The van der Waals surface area contributed by atoms with Crippen molar-refractivity contribution >= 4 is 37.1 Å². The first kappa shape index (κ1) is 27.0. The van der Waals surface area contributed by atoms with Crippen LogP contribution in [0.3, 0.4) is 0 Å². The number of hydrogen-bond donors (Lipinski definition) is 3. The van der Waals surface area contributed by atoms with E-state index in [-0.39, 0.29) is 12.3 Å². The Labute approximate surface area is 203 Å². The molecular weight excluding hydrogens is 429 g/mol. The Morgan fingerprint density at radius 3 is 2.56 bits per heavy atom. The molecule has 1 aromatic heterocycles. The molecule has 1 atom stereocenters. The van der Waals surface area contributed by atoms with Crippen LogP contribution in [0.15, 0.2) is 46.9 Å². The van der Waals surface area contributed by atoms with Crippen LogP contribution in [0.2, 0.25) is 0 Å². The molecule has 1 aromatic carbocycles. The largest absolute Gasteiger partial charge is 0.452 e. The molecule has 0 aliphatic carbocycles. The molecule has 8 heteroatoms. The summed E-state index contributed by atoms with van der Waals surface area (Å²) in [5.74, 6) is 0.0540. The Bertz CT molecular complexity index is 993. The van der Waals surface area contributed by atoms with E-state index in [1.807, 2.05) is 30.3 Å². The van der Waals surface area contributed by atoms with Gasteiger partial charge in [0.1, 0.15) is 19.2 Å². The number of carbonyl (C=O) groups excluding carboxylic acids is 2. The summed E-state index contributed by atoms with van der Waals surface area (Å²) in [5, 5.41) is 13.1. The molecule has 0 fully saturated rings. The molecule has 0 aliphatic rings. The van der Waals surface area contributed by atoms with Gasteiger partial charge < -0.3 is 25.2 Å².